The van der Waals surface area contributed by atoms with Crippen LogP contribution < -0.4 is 0 Å². The number of hydrogen-bond donors (Lipinski definition) is 0. The maximum absolute atomic E-state index is 13.2. The lowest BCUT2D eigenvalue weighted by atomic mass is 10.1. The molecule has 1 aliphatic heterocycles. The van der Waals surface area contributed by atoms with Crippen LogP contribution >= 0.6 is 11.8 Å². The number of thioether (sulfide) groups is 1. The average molecular weight is 487 g/mol. The molecule has 1 saturated heterocycles. The van der Waals surface area contributed by atoms with Gasteiger partial charge in [0.1, 0.15) is 0 Å². The highest BCUT2D eigenvalue weighted by atomic mass is 32.2. The molecule has 3 aromatic rings. The van der Waals surface area contributed by atoms with Gasteiger partial charge in [-0.15, -0.1) is 10.2 Å². The number of nitrogens with zero attached hydrogens (tertiary/aromatic N) is 4. The molecule has 1 fully saturated rings. The molecular formula is C24H30N4O3S2. The van der Waals surface area contributed by atoms with Crippen LogP contribution in [-0.4, -0.2) is 59.5 Å². The monoisotopic (exact) mass is 486 g/mol. The summed E-state index contributed by atoms with van der Waals surface area (Å²) in [5.41, 5.74) is 1.87. The Morgan fingerprint density at radius 1 is 1.00 bits per heavy atom. The Bertz CT molecular complexity index is 1170. The second kappa shape index (κ2) is 10.4. The van der Waals surface area contributed by atoms with Crippen molar-refractivity contribution in [3.8, 4) is 11.4 Å². The summed E-state index contributed by atoms with van der Waals surface area (Å²) in [5.74, 6) is 2.10. The summed E-state index contributed by atoms with van der Waals surface area (Å²) in [6.07, 6.45) is 0. The van der Waals surface area contributed by atoms with Crippen molar-refractivity contribution < 1.29 is 13.2 Å². The molecule has 0 spiro atoms. The quantitative estimate of drug-likeness (QED) is 0.441. The van der Waals surface area contributed by atoms with Gasteiger partial charge >= 0.3 is 0 Å². The zero-order chi connectivity index (χ0) is 23.4. The molecule has 9 heteroatoms. The van der Waals surface area contributed by atoms with Gasteiger partial charge < -0.3 is 4.74 Å². The van der Waals surface area contributed by atoms with Gasteiger partial charge in [0.05, 0.1) is 24.2 Å². The molecule has 4 rings (SSSR count). The van der Waals surface area contributed by atoms with E-state index in [0.717, 1.165) is 22.0 Å². The molecule has 33 heavy (non-hydrogen) atoms. The summed E-state index contributed by atoms with van der Waals surface area (Å²) >= 11 is 1.68. The Morgan fingerprint density at radius 2 is 1.73 bits per heavy atom. The highest BCUT2D eigenvalue weighted by Crippen LogP contribution is 2.33. The molecule has 0 radical (unpaired) electrons. The van der Waals surface area contributed by atoms with Gasteiger partial charge in [0.2, 0.25) is 10.0 Å². The molecule has 7 nitrogen and oxygen atoms in total. The molecule has 1 atom stereocenters. The normalized spacial score (nSPS) is 16.2. The number of morpholine rings is 1. The molecule has 0 bridgehead atoms. The van der Waals surface area contributed by atoms with Gasteiger partial charge in [0.15, 0.2) is 11.0 Å². The fourth-order valence-corrected chi connectivity index (χ4v) is 6.19. The zero-order valence-corrected chi connectivity index (χ0v) is 20.8. The van der Waals surface area contributed by atoms with Gasteiger partial charge in [0, 0.05) is 24.4 Å². The lowest BCUT2D eigenvalue weighted by Gasteiger charge is -2.26. The largest absolute Gasteiger partial charge is 0.379 e. The second-order valence-electron chi connectivity index (χ2n) is 8.51. The third-order valence-corrected chi connectivity index (χ3v) is 8.84. The third kappa shape index (κ3) is 5.32. The van der Waals surface area contributed by atoms with Crippen molar-refractivity contribution in [2.75, 3.05) is 32.1 Å². The molecule has 2 heterocycles. The van der Waals surface area contributed by atoms with Gasteiger partial charge in [-0.25, -0.2) is 8.42 Å². The van der Waals surface area contributed by atoms with Crippen LogP contribution in [0.4, 0.5) is 0 Å². The molecule has 2 aromatic carbocycles. The molecule has 0 amide bonds. The molecule has 0 aliphatic carbocycles. The fourth-order valence-electron chi connectivity index (χ4n) is 3.77. The van der Waals surface area contributed by atoms with E-state index in [0.29, 0.717) is 38.0 Å². The standard InChI is InChI=1S/C24H30N4O3S2/c1-18(2)17-32-24-26-25-23(28(24)19(3)20-8-5-4-6-9-20)21-10-7-11-22(16-21)33(29,30)27-12-14-31-15-13-27/h4-11,16,18-19H,12-15,17H2,1-3H3. The first-order valence-electron chi connectivity index (χ1n) is 11.2. The SMILES string of the molecule is CC(C)CSc1nnc(-c2cccc(S(=O)(=O)N3CCOCC3)c2)n1C(C)c1ccccc1. The van der Waals surface area contributed by atoms with E-state index in [1.54, 1.807) is 30.0 Å². The predicted octanol–water partition coefficient (Wildman–Crippen LogP) is 4.32. The first-order valence-corrected chi connectivity index (χ1v) is 13.6. The van der Waals surface area contributed by atoms with Gasteiger partial charge in [-0.1, -0.05) is 68.1 Å². The van der Waals surface area contributed by atoms with E-state index in [2.05, 4.69) is 47.7 Å². The number of hydrogen-bond acceptors (Lipinski definition) is 6. The Hall–Kier alpha value is -2.20. The summed E-state index contributed by atoms with van der Waals surface area (Å²) in [5, 5.41) is 9.83. The molecule has 0 N–H and O–H groups in total. The Morgan fingerprint density at radius 3 is 2.42 bits per heavy atom. The maximum atomic E-state index is 13.2. The van der Waals surface area contributed by atoms with Crippen molar-refractivity contribution in [2.24, 2.45) is 5.92 Å². The minimum absolute atomic E-state index is 0.00892. The van der Waals surface area contributed by atoms with Crippen LogP contribution in [0.15, 0.2) is 64.6 Å². The van der Waals surface area contributed by atoms with Crippen LogP contribution in [0, 0.1) is 5.92 Å². The van der Waals surface area contributed by atoms with E-state index < -0.39 is 10.0 Å². The van der Waals surface area contributed by atoms with Crippen LogP contribution in [0.3, 0.4) is 0 Å². The second-order valence-corrected chi connectivity index (χ2v) is 11.4. The van der Waals surface area contributed by atoms with E-state index in [4.69, 9.17) is 4.74 Å². The number of sulfonamides is 1. The van der Waals surface area contributed by atoms with E-state index in [9.17, 15) is 8.42 Å². The van der Waals surface area contributed by atoms with E-state index in [-0.39, 0.29) is 10.9 Å². The highest BCUT2D eigenvalue weighted by molar-refractivity contribution is 7.99. The Kier molecular flexibility index (Phi) is 7.53. The number of benzene rings is 2. The first-order chi connectivity index (χ1) is 15.9. The van der Waals surface area contributed by atoms with Crippen LogP contribution in [0.5, 0.6) is 0 Å². The summed E-state index contributed by atoms with van der Waals surface area (Å²) in [6.45, 7) is 8.03. The summed E-state index contributed by atoms with van der Waals surface area (Å²) in [7, 11) is -3.60. The topological polar surface area (TPSA) is 77.3 Å². The predicted molar refractivity (Wildman–Crippen MR) is 131 cm³/mol. The maximum Gasteiger partial charge on any atom is 0.243 e. The summed E-state index contributed by atoms with van der Waals surface area (Å²) in [4.78, 5) is 0.264. The molecular weight excluding hydrogens is 456 g/mol. The summed E-state index contributed by atoms with van der Waals surface area (Å²) < 4.78 is 35.4. The summed E-state index contributed by atoms with van der Waals surface area (Å²) in [6, 6.07) is 17.2. The van der Waals surface area contributed by atoms with Crippen molar-refractivity contribution in [1.82, 2.24) is 19.1 Å². The average Bonchev–Trinajstić information content (AvgIpc) is 3.27. The third-order valence-electron chi connectivity index (χ3n) is 5.58. The van der Waals surface area contributed by atoms with Crippen LogP contribution in [0.1, 0.15) is 32.4 Å². The number of rotatable bonds is 8. The van der Waals surface area contributed by atoms with E-state index in [1.165, 1.54) is 4.31 Å². The van der Waals surface area contributed by atoms with E-state index in [1.807, 2.05) is 24.3 Å². The molecule has 1 unspecified atom stereocenters. The van der Waals surface area contributed by atoms with Crippen LogP contribution in [0.2, 0.25) is 0 Å². The highest BCUT2D eigenvalue weighted by Gasteiger charge is 2.27. The minimum Gasteiger partial charge on any atom is -0.379 e. The minimum atomic E-state index is -3.60. The lowest BCUT2D eigenvalue weighted by molar-refractivity contribution is 0.0730. The molecule has 0 saturated carbocycles. The smallest absolute Gasteiger partial charge is 0.243 e. The lowest BCUT2D eigenvalue weighted by Crippen LogP contribution is -2.40. The fraction of sp³-hybridized carbons (Fsp3) is 0.417. The Balaban J connectivity index is 1.75. The number of ether oxygens (including phenoxy) is 1. The Labute approximate surface area is 200 Å². The van der Waals surface area contributed by atoms with Crippen molar-refractivity contribution in [3.05, 3.63) is 60.2 Å². The van der Waals surface area contributed by atoms with Gasteiger partial charge in [-0.05, 0) is 30.5 Å². The molecule has 1 aliphatic rings. The van der Waals surface area contributed by atoms with Gasteiger partial charge in [0.25, 0.3) is 0 Å². The molecule has 176 valence electrons. The van der Waals surface area contributed by atoms with Crippen molar-refractivity contribution >= 4 is 21.8 Å². The van der Waals surface area contributed by atoms with Crippen molar-refractivity contribution in [1.29, 1.82) is 0 Å². The van der Waals surface area contributed by atoms with Crippen molar-refractivity contribution in [3.63, 3.8) is 0 Å². The van der Waals surface area contributed by atoms with Gasteiger partial charge in [-0.2, -0.15) is 4.31 Å². The number of aromatic nitrogens is 3. The van der Waals surface area contributed by atoms with Crippen LogP contribution in [0.25, 0.3) is 11.4 Å². The zero-order valence-electron chi connectivity index (χ0n) is 19.2. The van der Waals surface area contributed by atoms with Crippen LogP contribution in [-0.2, 0) is 14.8 Å². The first kappa shape index (κ1) is 23.9. The van der Waals surface area contributed by atoms with Gasteiger partial charge in [-0.3, -0.25) is 4.57 Å². The van der Waals surface area contributed by atoms with Crippen molar-refractivity contribution in [2.45, 2.75) is 36.9 Å². The molecule has 1 aromatic heterocycles. The van der Waals surface area contributed by atoms with E-state index >= 15 is 0 Å².